The van der Waals surface area contributed by atoms with E-state index in [0.717, 1.165) is 53.3 Å². The number of methoxy groups -OCH3 is 1. The van der Waals surface area contributed by atoms with Crippen molar-refractivity contribution >= 4 is 11.7 Å². The highest BCUT2D eigenvalue weighted by Gasteiger charge is 2.18. The first-order valence-corrected chi connectivity index (χ1v) is 8.85. The largest absolute Gasteiger partial charge is 0.496 e. The molecule has 7 nitrogen and oxygen atoms in total. The van der Waals surface area contributed by atoms with Crippen molar-refractivity contribution in [2.45, 2.75) is 19.9 Å². The lowest BCUT2D eigenvalue weighted by Gasteiger charge is -2.16. The van der Waals surface area contributed by atoms with Gasteiger partial charge in [0.25, 0.3) is 5.91 Å². The number of nitrogens with zero attached hydrogens (tertiary/aromatic N) is 2. The second-order valence-corrected chi connectivity index (χ2v) is 6.48. The zero-order valence-electron chi connectivity index (χ0n) is 15.3. The summed E-state index contributed by atoms with van der Waals surface area (Å²) in [6.45, 7) is 3.57. The van der Waals surface area contributed by atoms with E-state index in [1.54, 1.807) is 13.3 Å². The van der Waals surface area contributed by atoms with Crippen molar-refractivity contribution in [3.05, 3.63) is 58.9 Å². The molecule has 4 rings (SSSR count). The number of rotatable bonds is 4. The summed E-state index contributed by atoms with van der Waals surface area (Å²) in [5.74, 6) is 1.03. The van der Waals surface area contributed by atoms with Crippen molar-refractivity contribution in [2.24, 2.45) is 0 Å². The highest BCUT2D eigenvalue weighted by atomic mass is 16.5. The molecule has 0 radical (unpaired) electrons. The molecule has 1 amide bonds. The maximum Gasteiger partial charge on any atom is 0.258 e. The summed E-state index contributed by atoms with van der Waals surface area (Å²) in [4.78, 5) is 17.1. The molecule has 0 aliphatic carbocycles. The van der Waals surface area contributed by atoms with Crippen LogP contribution < -0.4 is 15.4 Å². The number of amides is 1. The molecule has 3 heterocycles. The molecule has 0 atom stereocenters. The number of para-hydroxylation sites is 1. The third kappa shape index (κ3) is 3.29. The van der Waals surface area contributed by atoms with Crippen molar-refractivity contribution in [3.63, 3.8) is 0 Å². The zero-order chi connectivity index (χ0) is 18.8. The third-order valence-corrected chi connectivity index (χ3v) is 4.80. The predicted molar refractivity (Wildman–Crippen MR) is 103 cm³/mol. The van der Waals surface area contributed by atoms with E-state index in [0.29, 0.717) is 11.4 Å². The number of ether oxygens (including phenoxy) is 1. The van der Waals surface area contributed by atoms with E-state index in [4.69, 9.17) is 4.74 Å². The monoisotopic (exact) mass is 363 g/mol. The lowest BCUT2D eigenvalue weighted by Crippen LogP contribution is -2.25. The number of H-pyrrole nitrogens is 1. The number of hydrogen-bond donors (Lipinski definition) is 3. The zero-order valence-corrected chi connectivity index (χ0v) is 15.3. The number of aromatic amines is 1. The van der Waals surface area contributed by atoms with Gasteiger partial charge in [-0.25, -0.2) is 0 Å². The summed E-state index contributed by atoms with van der Waals surface area (Å²) in [5.41, 5.74) is 5.23. The van der Waals surface area contributed by atoms with Crippen molar-refractivity contribution in [1.82, 2.24) is 20.5 Å². The number of benzene rings is 1. The average molecular weight is 363 g/mol. The van der Waals surface area contributed by atoms with Crippen LogP contribution in [0.2, 0.25) is 0 Å². The molecule has 1 aliphatic rings. The smallest absolute Gasteiger partial charge is 0.258 e. The van der Waals surface area contributed by atoms with Gasteiger partial charge < -0.3 is 15.4 Å². The highest BCUT2D eigenvalue weighted by Crippen LogP contribution is 2.32. The predicted octanol–water partition coefficient (Wildman–Crippen LogP) is 2.69. The topological polar surface area (TPSA) is 91.9 Å². The van der Waals surface area contributed by atoms with E-state index in [2.05, 4.69) is 25.8 Å². The summed E-state index contributed by atoms with van der Waals surface area (Å²) in [7, 11) is 1.63. The van der Waals surface area contributed by atoms with Crippen LogP contribution in [0.4, 0.5) is 5.82 Å². The molecule has 1 aliphatic heterocycles. The fourth-order valence-electron chi connectivity index (χ4n) is 3.28. The third-order valence-electron chi connectivity index (χ3n) is 4.80. The van der Waals surface area contributed by atoms with Gasteiger partial charge >= 0.3 is 0 Å². The first kappa shape index (κ1) is 17.2. The number of pyridine rings is 1. The molecule has 0 fully saturated rings. The molecule has 1 aromatic carbocycles. The van der Waals surface area contributed by atoms with Gasteiger partial charge in [-0.3, -0.25) is 14.9 Å². The number of carbonyl (C=O) groups excluding carboxylic acids is 1. The van der Waals surface area contributed by atoms with Crippen LogP contribution in [0.3, 0.4) is 0 Å². The van der Waals surface area contributed by atoms with Crippen LogP contribution in [-0.4, -0.2) is 34.7 Å². The van der Waals surface area contributed by atoms with E-state index in [9.17, 15) is 4.79 Å². The van der Waals surface area contributed by atoms with Crippen LogP contribution in [0, 0.1) is 6.92 Å². The second kappa shape index (κ2) is 7.20. The number of anilines is 1. The molecule has 3 aromatic rings. The fourth-order valence-corrected chi connectivity index (χ4v) is 3.28. The molecular weight excluding hydrogens is 342 g/mol. The van der Waals surface area contributed by atoms with Crippen LogP contribution in [0.1, 0.15) is 27.2 Å². The van der Waals surface area contributed by atoms with Gasteiger partial charge in [-0.1, -0.05) is 12.1 Å². The minimum Gasteiger partial charge on any atom is -0.496 e. The SMILES string of the molecule is COc1ccccc1-c1[nH]nc(NC(=O)c2cnc3c(c2)CCNC3)c1C. The lowest BCUT2D eigenvalue weighted by molar-refractivity contribution is 0.102. The van der Waals surface area contributed by atoms with Crippen LogP contribution in [0.15, 0.2) is 36.5 Å². The molecule has 0 unspecified atom stereocenters. The maximum absolute atomic E-state index is 12.7. The molecule has 0 spiro atoms. The molecular formula is C20H21N5O2. The van der Waals surface area contributed by atoms with Crippen molar-refractivity contribution in [1.29, 1.82) is 0 Å². The van der Waals surface area contributed by atoms with Gasteiger partial charge in [0.1, 0.15) is 5.75 Å². The average Bonchev–Trinajstić information content (AvgIpc) is 3.07. The van der Waals surface area contributed by atoms with Crippen molar-refractivity contribution in [3.8, 4) is 17.0 Å². The Morgan fingerprint density at radius 3 is 3.00 bits per heavy atom. The van der Waals surface area contributed by atoms with Crippen molar-refractivity contribution < 1.29 is 9.53 Å². The first-order chi connectivity index (χ1) is 13.2. The Balaban J connectivity index is 1.58. The molecule has 0 saturated carbocycles. The summed E-state index contributed by atoms with van der Waals surface area (Å²) in [6.07, 6.45) is 2.49. The Labute approximate surface area is 157 Å². The molecule has 7 heteroatoms. The first-order valence-electron chi connectivity index (χ1n) is 8.85. The Morgan fingerprint density at radius 1 is 1.30 bits per heavy atom. The van der Waals surface area contributed by atoms with E-state index in [-0.39, 0.29) is 5.91 Å². The number of nitrogens with one attached hydrogen (secondary N) is 3. The minimum absolute atomic E-state index is 0.218. The summed E-state index contributed by atoms with van der Waals surface area (Å²) >= 11 is 0. The summed E-state index contributed by atoms with van der Waals surface area (Å²) < 4.78 is 5.42. The van der Waals surface area contributed by atoms with Crippen LogP contribution in [0.5, 0.6) is 5.75 Å². The Bertz CT molecular complexity index is 996. The molecule has 0 saturated heterocycles. The molecule has 0 bridgehead atoms. The van der Waals surface area contributed by atoms with Gasteiger partial charge in [0.2, 0.25) is 0 Å². The van der Waals surface area contributed by atoms with E-state index in [1.165, 1.54) is 0 Å². The van der Waals surface area contributed by atoms with Crippen molar-refractivity contribution in [2.75, 3.05) is 19.0 Å². The Morgan fingerprint density at radius 2 is 2.15 bits per heavy atom. The molecule has 2 aromatic heterocycles. The maximum atomic E-state index is 12.7. The van der Waals surface area contributed by atoms with Crippen LogP contribution >= 0.6 is 0 Å². The van der Waals surface area contributed by atoms with Gasteiger partial charge in [-0.2, -0.15) is 5.10 Å². The van der Waals surface area contributed by atoms with E-state index >= 15 is 0 Å². The minimum atomic E-state index is -0.218. The van der Waals surface area contributed by atoms with Gasteiger partial charge in [-0.15, -0.1) is 0 Å². The number of hydrogen-bond acceptors (Lipinski definition) is 5. The number of carbonyl (C=O) groups is 1. The van der Waals surface area contributed by atoms with Gasteiger partial charge in [0.05, 0.1) is 24.1 Å². The highest BCUT2D eigenvalue weighted by molar-refractivity contribution is 6.04. The van der Waals surface area contributed by atoms with Gasteiger partial charge in [0.15, 0.2) is 5.82 Å². The number of aromatic nitrogens is 3. The number of fused-ring (bicyclic) bond motifs is 1. The molecule has 27 heavy (non-hydrogen) atoms. The van der Waals surface area contributed by atoms with E-state index in [1.807, 2.05) is 37.3 Å². The lowest BCUT2D eigenvalue weighted by atomic mass is 10.0. The van der Waals surface area contributed by atoms with Crippen LogP contribution in [0.25, 0.3) is 11.3 Å². The van der Waals surface area contributed by atoms with E-state index < -0.39 is 0 Å². The fraction of sp³-hybridized carbons (Fsp3) is 0.250. The summed E-state index contributed by atoms with van der Waals surface area (Å²) in [5, 5.41) is 13.4. The second-order valence-electron chi connectivity index (χ2n) is 6.48. The molecule has 138 valence electrons. The van der Waals surface area contributed by atoms with Gasteiger partial charge in [0, 0.05) is 23.9 Å². The Hall–Kier alpha value is -3.19. The van der Waals surface area contributed by atoms with Gasteiger partial charge in [-0.05, 0) is 43.7 Å². The standard InChI is InChI=1S/C20H21N5O2/c1-12-18(15-5-3-4-6-17(15)27-2)24-25-19(12)23-20(26)14-9-13-7-8-21-11-16(13)22-10-14/h3-6,9-10,21H,7-8,11H2,1-2H3,(H2,23,24,25,26). The summed E-state index contributed by atoms with van der Waals surface area (Å²) in [6, 6.07) is 9.61. The Kier molecular flexibility index (Phi) is 4.60. The quantitative estimate of drug-likeness (QED) is 0.663. The van der Waals surface area contributed by atoms with Crippen LogP contribution in [-0.2, 0) is 13.0 Å². The molecule has 3 N–H and O–H groups in total. The normalized spacial score (nSPS) is 13.1.